The van der Waals surface area contributed by atoms with Crippen molar-refractivity contribution in [3.8, 4) is 11.8 Å². The number of pyridine rings is 1. The molecule has 0 fully saturated rings. The van der Waals surface area contributed by atoms with Crippen LogP contribution in [-0.4, -0.2) is 36.8 Å². The van der Waals surface area contributed by atoms with E-state index in [4.69, 9.17) is 14.8 Å². The Hall–Kier alpha value is -2.72. The van der Waals surface area contributed by atoms with Crippen molar-refractivity contribution in [1.29, 1.82) is 10.0 Å². The molecule has 3 rings (SSSR count). The topological polar surface area (TPSA) is 116 Å². The highest BCUT2D eigenvalue weighted by atomic mass is 32.2. The number of nitrogens with zero attached hydrogens (tertiary/aromatic N) is 5. The van der Waals surface area contributed by atoms with E-state index in [0.29, 0.717) is 5.71 Å². The van der Waals surface area contributed by atoms with Gasteiger partial charge >= 0.3 is 5.51 Å². The second-order valence-corrected chi connectivity index (χ2v) is 10.5. The van der Waals surface area contributed by atoms with Crippen molar-refractivity contribution in [2.75, 3.05) is 5.75 Å². The highest BCUT2D eigenvalue weighted by molar-refractivity contribution is 8.00. The molecule has 31 heavy (non-hydrogen) atoms. The molecule has 164 valence electrons. The van der Waals surface area contributed by atoms with E-state index in [9.17, 15) is 17.4 Å². The summed E-state index contributed by atoms with van der Waals surface area (Å²) >= 11 is -0.344. The summed E-state index contributed by atoms with van der Waals surface area (Å²) in [5.41, 5.74) is -5.11. The van der Waals surface area contributed by atoms with E-state index in [-0.39, 0.29) is 51.2 Å². The van der Waals surface area contributed by atoms with E-state index in [1.807, 2.05) is 6.07 Å². The Kier molecular flexibility index (Phi) is 5.98. The third kappa shape index (κ3) is 5.31. The molecule has 1 aliphatic heterocycles. The largest absolute Gasteiger partial charge is 0.471 e. The summed E-state index contributed by atoms with van der Waals surface area (Å²) in [7, 11) is -3.25. The standard InChI is InChI=1S/C18H18F3N6O2S2/c1-4-31(23,28)13-5-11(29-17(2,3)9-22)7-24-16(13)12-8-27-10-25-15(6-14(27)26-12)30-18(19,20)21/h5-7,10,23H,4,8H2,1-3H3/q+1. The first-order valence-corrected chi connectivity index (χ1v) is 11.5. The fourth-order valence-corrected chi connectivity index (χ4v) is 4.30. The molecule has 0 bridgehead atoms. The number of hydrogen-bond acceptors (Lipinski definition) is 8. The zero-order valence-corrected chi connectivity index (χ0v) is 18.4. The minimum absolute atomic E-state index is 0.00801. The van der Waals surface area contributed by atoms with Gasteiger partial charge in [0.25, 0.3) is 5.82 Å². The molecule has 2 aromatic heterocycles. The van der Waals surface area contributed by atoms with Crippen molar-refractivity contribution in [2.24, 2.45) is 4.99 Å². The highest BCUT2D eigenvalue weighted by Crippen LogP contribution is 2.36. The Labute approximate surface area is 181 Å². The van der Waals surface area contributed by atoms with Crippen molar-refractivity contribution in [2.45, 2.75) is 48.3 Å². The molecule has 1 atom stereocenters. The third-order valence-corrected chi connectivity index (χ3v) is 6.66. The van der Waals surface area contributed by atoms with Crippen LogP contribution in [0.5, 0.6) is 5.75 Å². The van der Waals surface area contributed by atoms with Crippen LogP contribution in [0.2, 0.25) is 0 Å². The monoisotopic (exact) mass is 471 g/mol. The lowest BCUT2D eigenvalue weighted by atomic mass is 10.2. The predicted octanol–water partition coefficient (Wildman–Crippen LogP) is 3.62. The van der Waals surface area contributed by atoms with E-state index >= 15 is 0 Å². The molecule has 0 amide bonds. The van der Waals surface area contributed by atoms with E-state index < -0.39 is 20.8 Å². The second kappa shape index (κ2) is 8.08. The Morgan fingerprint density at radius 1 is 1.35 bits per heavy atom. The van der Waals surface area contributed by atoms with Crippen molar-refractivity contribution in [1.82, 2.24) is 9.97 Å². The Bertz CT molecular complexity index is 1200. The molecule has 1 unspecified atom stereocenters. The number of halogens is 3. The van der Waals surface area contributed by atoms with Gasteiger partial charge in [0.15, 0.2) is 16.3 Å². The third-order valence-electron chi connectivity index (χ3n) is 4.17. The number of fused-ring (bicyclic) bond motifs is 1. The molecule has 1 aliphatic rings. The molecule has 0 saturated heterocycles. The lowest BCUT2D eigenvalue weighted by Crippen LogP contribution is -2.34. The van der Waals surface area contributed by atoms with Gasteiger partial charge in [0.2, 0.25) is 6.33 Å². The first-order chi connectivity index (χ1) is 14.3. The van der Waals surface area contributed by atoms with Crippen LogP contribution in [0.3, 0.4) is 0 Å². The average Bonchev–Trinajstić information content (AvgIpc) is 3.09. The summed E-state index contributed by atoms with van der Waals surface area (Å²) in [6.45, 7) is 4.84. The quantitative estimate of drug-likeness (QED) is 0.391. The molecular formula is C18H18F3N6O2S2+. The van der Waals surface area contributed by atoms with Crippen LogP contribution in [0.15, 0.2) is 39.6 Å². The van der Waals surface area contributed by atoms with Gasteiger partial charge in [-0.25, -0.2) is 18.5 Å². The van der Waals surface area contributed by atoms with Gasteiger partial charge in [-0.1, -0.05) is 6.92 Å². The maximum absolute atomic E-state index is 12.9. The maximum atomic E-state index is 12.9. The van der Waals surface area contributed by atoms with Crippen molar-refractivity contribution >= 4 is 33.0 Å². The van der Waals surface area contributed by atoms with E-state index in [1.165, 1.54) is 29.2 Å². The van der Waals surface area contributed by atoms with Gasteiger partial charge in [0, 0.05) is 23.6 Å². The minimum atomic E-state index is -4.48. The van der Waals surface area contributed by atoms with Gasteiger partial charge in [0.05, 0.1) is 26.9 Å². The van der Waals surface area contributed by atoms with E-state index in [0.717, 1.165) is 0 Å². The summed E-state index contributed by atoms with van der Waals surface area (Å²) in [5, 5.41) is 8.91. The lowest BCUT2D eigenvalue weighted by Gasteiger charge is -2.19. The number of thioether (sulfide) groups is 1. The molecule has 2 aromatic rings. The molecular weight excluding hydrogens is 453 g/mol. The number of rotatable bonds is 6. The first-order valence-electron chi connectivity index (χ1n) is 8.93. The van der Waals surface area contributed by atoms with Gasteiger partial charge in [0.1, 0.15) is 24.1 Å². The molecule has 0 aliphatic carbocycles. The molecule has 0 radical (unpaired) electrons. The molecule has 1 N–H and O–H groups in total. The van der Waals surface area contributed by atoms with Gasteiger partial charge in [-0.05, 0) is 13.8 Å². The number of alkyl halides is 3. The maximum Gasteiger partial charge on any atom is 0.449 e. The minimum Gasteiger partial charge on any atom is -0.471 e. The zero-order valence-electron chi connectivity index (χ0n) is 16.7. The summed E-state index contributed by atoms with van der Waals surface area (Å²) in [6, 6.07) is 4.59. The van der Waals surface area contributed by atoms with Crippen molar-refractivity contribution < 1.29 is 26.7 Å². The molecule has 8 nitrogen and oxygen atoms in total. The molecule has 3 heterocycles. The van der Waals surface area contributed by atoms with Crippen molar-refractivity contribution in [3.05, 3.63) is 30.4 Å². The number of nitriles is 1. The molecule has 0 saturated carbocycles. The van der Waals surface area contributed by atoms with Crippen LogP contribution in [0.4, 0.5) is 19.0 Å². The van der Waals surface area contributed by atoms with E-state index in [1.54, 1.807) is 20.8 Å². The predicted molar refractivity (Wildman–Crippen MR) is 107 cm³/mol. The number of aromatic nitrogens is 3. The summed E-state index contributed by atoms with van der Waals surface area (Å²) in [5.74, 6) is 0.421. The van der Waals surface area contributed by atoms with Crippen LogP contribution in [0, 0.1) is 16.1 Å². The average molecular weight is 472 g/mol. The highest BCUT2D eigenvalue weighted by Gasteiger charge is 2.34. The summed E-state index contributed by atoms with van der Waals surface area (Å²) in [6.07, 6.45) is 2.58. The van der Waals surface area contributed by atoms with Crippen LogP contribution in [-0.2, 0) is 16.3 Å². The van der Waals surface area contributed by atoms with Crippen LogP contribution in [0.25, 0.3) is 0 Å². The SMILES string of the molecule is CCS(=N)(=O)c1cc(OC(C)(C)C#N)cnc1C1=Nc2cc(SC(F)(F)F)nc[n+]2C1. The lowest BCUT2D eigenvalue weighted by molar-refractivity contribution is -0.667. The van der Waals surface area contributed by atoms with Crippen molar-refractivity contribution in [3.63, 3.8) is 0 Å². The van der Waals surface area contributed by atoms with Crippen LogP contribution >= 0.6 is 11.8 Å². The second-order valence-electron chi connectivity index (χ2n) is 7.03. The number of nitrogens with one attached hydrogen (secondary N) is 1. The molecule has 13 heteroatoms. The number of hydrogen-bond donors (Lipinski definition) is 1. The van der Waals surface area contributed by atoms with Gasteiger partial charge in [-0.3, -0.25) is 0 Å². The smallest absolute Gasteiger partial charge is 0.449 e. The summed E-state index contributed by atoms with van der Waals surface area (Å²) < 4.78 is 66.1. The number of ether oxygens (including phenoxy) is 1. The van der Waals surface area contributed by atoms with Gasteiger partial charge in [-0.2, -0.15) is 18.4 Å². The summed E-state index contributed by atoms with van der Waals surface area (Å²) in [4.78, 5) is 12.5. The normalized spacial score (nSPS) is 15.6. The fourth-order valence-electron chi connectivity index (χ4n) is 2.70. The van der Waals surface area contributed by atoms with E-state index in [2.05, 4.69) is 15.0 Å². The Morgan fingerprint density at radius 3 is 2.68 bits per heavy atom. The fraction of sp³-hybridized carbons (Fsp3) is 0.389. The zero-order chi connectivity index (χ0) is 23.0. The van der Waals surface area contributed by atoms with Crippen LogP contribution in [0.1, 0.15) is 26.5 Å². The molecule has 0 aromatic carbocycles. The van der Waals surface area contributed by atoms with Gasteiger partial charge < -0.3 is 4.74 Å². The molecule has 0 spiro atoms. The van der Waals surface area contributed by atoms with Crippen LogP contribution < -0.4 is 9.30 Å². The van der Waals surface area contributed by atoms with Gasteiger partial charge in [-0.15, -0.1) is 9.98 Å². The first kappa shape index (κ1) is 23.0. The number of aliphatic imine (C=N–C) groups is 1. The Morgan fingerprint density at radius 2 is 2.06 bits per heavy atom. The Balaban J connectivity index is 2.03.